The maximum absolute atomic E-state index is 11.8. The zero-order valence-corrected chi connectivity index (χ0v) is 21.7. The standard InChI is InChI=1S/C30H48O2/c1-19(18-31)20-10-13-27(4)16-17-29(6)21(25(20)27)8-9-23-28(5)14-12-24(32)26(2,3)22(28)11-15-30(23,29)7/h18,20-25,32H,1,8-17H2,2-7H3/t20-,21+,22-,23+,24-,25?,27+,28-,29+,30+/m0/s1. The Labute approximate surface area is 197 Å². The number of carbonyl (C=O) groups excluding carboxylic acids is 1. The summed E-state index contributed by atoms with van der Waals surface area (Å²) < 4.78 is 0. The smallest absolute Gasteiger partial charge is 0.145 e. The van der Waals surface area contributed by atoms with Crippen LogP contribution in [0.3, 0.4) is 0 Å². The van der Waals surface area contributed by atoms with E-state index in [0.717, 1.165) is 30.6 Å². The van der Waals surface area contributed by atoms with Crippen molar-refractivity contribution in [2.45, 2.75) is 112 Å². The van der Waals surface area contributed by atoms with Crippen molar-refractivity contribution < 1.29 is 9.90 Å². The number of hydrogen-bond acceptors (Lipinski definition) is 2. The molecule has 0 aliphatic heterocycles. The van der Waals surface area contributed by atoms with Crippen LogP contribution in [0.25, 0.3) is 0 Å². The molecular weight excluding hydrogens is 392 g/mol. The highest BCUT2D eigenvalue weighted by molar-refractivity contribution is 5.73. The van der Waals surface area contributed by atoms with Crippen LogP contribution in [0.15, 0.2) is 12.2 Å². The second kappa shape index (κ2) is 6.96. The van der Waals surface area contributed by atoms with E-state index in [1.807, 2.05) is 0 Å². The molecule has 5 saturated carbocycles. The first-order valence-electron chi connectivity index (χ1n) is 13.7. The van der Waals surface area contributed by atoms with E-state index in [4.69, 9.17) is 0 Å². The number of carbonyl (C=O) groups is 1. The average Bonchev–Trinajstić information content (AvgIpc) is 3.09. The van der Waals surface area contributed by atoms with Gasteiger partial charge in [-0.3, -0.25) is 4.79 Å². The van der Waals surface area contributed by atoms with E-state index in [1.54, 1.807) is 0 Å². The van der Waals surface area contributed by atoms with E-state index in [9.17, 15) is 9.90 Å². The maximum atomic E-state index is 11.8. The Morgan fingerprint density at radius 3 is 2.22 bits per heavy atom. The van der Waals surface area contributed by atoms with Crippen LogP contribution in [0.1, 0.15) is 106 Å². The first-order valence-corrected chi connectivity index (χ1v) is 13.7. The molecule has 10 atom stereocenters. The molecule has 0 aromatic heterocycles. The number of rotatable bonds is 2. The summed E-state index contributed by atoms with van der Waals surface area (Å²) in [6.45, 7) is 19.4. The van der Waals surface area contributed by atoms with Gasteiger partial charge in [0.25, 0.3) is 0 Å². The van der Waals surface area contributed by atoms with Crippen LogP contribution in [-0.4, -0.2) is 17.5 Å². The normalized spacial score (nSPS) is 56.3. The van der Waals surface area contributed by atoms with E-state index < -0.39 is 0 Å². The predicted molar refractivity (Wildman–Crippen MR) is 131 cm³/mol. The van der Waals surface area contributed by atoms with Crippen LogP contribution in [-0.2, 0) is 4.79 Å². The molecule has 0 spiro atoms. The molecule has 0 heterocycles. The molecule has 2 nitrogen and oxygen atoms in total. The number of hydrogen-bond donors (Lipinski definition) is 1. The second-order valence-electron chi connectivity index (χ2n) is 14.6. The molecule has 5 rings (SSSR count). The first-order chi connectivity index (χ1) is 14.8. The zero-order valence-electron chi connectivity index (χ0n) is 21.7. The molecule has 0 radical (unpaired) electrons. The largest absolute Gasteiger partial charge is 0.393 e. The van der Waals surface area contributed by atoms with Crippen LogP contribution in [0.2, 0.25) is 0 Å². The van der Waals surface area contributed by atoms with Gasteiger partial charge in [-0.1, -0.05) is 48.1 Å². The van der Waals surface area contributed by atoms with Gasteiger partial charge in [-0.15, -0.1) is 0 Å². The number of aliphatic hydroxyl groups excluding tert-OH is 1. The molecule has 180 valence electrons. The van der Waals surface area contributed by atoms with Gasteiger partial charge in [-0.25, -0.2) is 0 Å². The third-order valence-electron chi connectivity index (χ3n) is 13.5. The number of aldehydes is 1. The third kappa shape index (κ3) is 2.65. The van der Waals surface area contributed by atoms with Crippen molar-refractivity contribution in [1.29, 1.82) is 0 Å². The van der Waals surface area contributed by atoms with Gasteiger partial charge in [0.1, 0.15) is 6.29 Å². The summed E-state index contributed by atoms with van der Waals surface area (Å²) in [5, 5.41) is 10.9. The fraction of sp³-hybridized carbons (Fsp3) is 0.900. The first kappa shape index (κ1) is 23.1. The maximum Gasteiger partial charge on any atom is 0.145 e. The molecule has 1 N–H and O–H groups in total. The average molecular weight is 441 g/mol. The van der Waals surface area contributed by atoms with Crippen molar-refractivity contribution in [3.05, 3.63) is 12.2 Å². The lowest BCUT2D eigenvalue weighted by Gasteiger charge is -2.72. The molecule has 0 aromatic carbocycles. The van der Waals surface area contributed by atoms with E-state index in [0.29, 0.717) is 45.3 Å². The fourth-order valence-corrected chi connectivity index (χ4v) is 11.4. The van der Waals surface area contributed by atoms with Gasteiger partial charge in [0, 0.05) is 0 Å². The van der Waals surface area contributed by atoms with Gasteiger partial charge in [-0.05, 0) is 126 Å². The summed E-state index contributed by atoms with van der Waals surface area (Å²) >= 11 is 0. The molecule has 0 bridgehead atoms. The van der Waals surface area contributed by atoms with Gasteiger partial charge >= 0.3 is 0 Å². The zero-order chi connectivity index (χ0) is 23.3. The van der Waals surface area contributed by atoms with Crippen molar-refractivity contribution in [1.82, 2.24) is 0 Å². The Kier molecular flexibility index (Phi) is 5.03. The lowest BCUT2D eigenvalue weighted by atomic mass is 9.32. The van der Waals surface area contributed by atoms with Gasteiger partial charge in [-0.2, -0.15) is 0 Å². The van der Waals surface area contributed by atoms with E-state index in [2.05, 4.69) is 48.1 Å². The quantitative estimate of drug-likeness (QED) is 0.364. The predicted octanol–water partition coefficient (Wildman–Crippen LogP) is 7.20. The molecule has 32 heavy (non-hydrogen) atoms. The number of allylic oxidation sites excluding steroid dienone is 1. The van der Waals surface area contributed by atoms with Gasteiger partial charge < -0.3 is 5.11 Å². The Bertz CT molecular complexity index is 814. The number of fused-ring (bicyclic) bond motifs is 7. The Hall–Kier alpha value is -0.630. The molecule has 2 heteroatoms. The van der Waals surface area contributed by atoms with Crippen molar-refractivity contribution in [2.75, 3.05) is 0 Å². The second-order valence-corrected chi connectivity index (χ2v) is 14.6. The van der Waals surface area contributed by atoms with Crippen LogP contribution >= 0.6 is 0 Å². The summed E-state index contributed by atoms with van der Waals surface area (Å²) in [5.41, 5.74) is 2.33. The summed E-state index contributed by atoms with van der Waals surface area (Å²) in [7, 11) is 0. The van der Waals surface area contributed by atoms with Crippen molar-refractivity contribution in [3.8, 4) is 0 Å². The Morgan fingerprint density at radius 2 is 1.53 bits per heavy atom. The van der Waals surface area contributed by atoms with Crippen LogP contribution in [0.5, 0.6) is 0 Å². The highest BCUT2D eigenvalue weighted by atomic mass is 16.3. The topological polar surface area (TPSA) is 37.3 Å². The van der Waals surface area contributed by atoms with Crippen LogP contribution in [0.4, 0.5) is 0 Å². The summed E-state index contributed by atoms with van der Waals surface area (Å²) in [4.78, 5) is 11.8. The highest BCUT2D eigenvalue weighted by Gasteiger charge is 2.70. The fourth-order valence-electron chi connectivity index (χ4n) is 11.4. The van der Waals surface area contributed by atoms with E-state index in [-0.39, 0.29) is 11.5 Å². The molecule has 0 amide bonds. The van der Waals surface area contributed by atoms with Crippen molar-refractivity contribution >= 4 is 6.29 Å². The van der Waals surface area contributed by atoms with Gasteiger partial charge in [0.05, 0.1) is 6.10 Å². The van der Waals surface area contributed by atoms with E-state index in [1.165, 1.54) is 51.4 Å². The minimum atomic E-state index is -0.152. The lowest BCUT2D eigenvalue weighted by Crippen LogP contribution is -2.66. The molecule has 0 aromatic rings. The molecule has 5 aliphatic rings. The lowest BCUT2D eigenvalue weighted by molar-refractivity contribution is -0.246. The number of aliphatic hydroxyl groups is 1. The minimum Gasteiger partial charge on any atom is -0.393 e. The van der Waals surface area contributed by atoms with Crippen LogP contribution in [0, 0.1) is 56.7 Å². The van der Waals surface area contributed by atoms with E-state index >= 15 is 0 Å². The van der Waals surface area contributed by atoms with Gasteiger partial charge in [0.15, 0.2) is 0 Å². The molecule has 1 unspecified atom stereocenters. The molecule has 5 aliphatic carbocycles. The van der Waals surface area contributed by atoms with Crippen molar-refractivity contribution in [3.63, 3.8) is 0 Å². The minimum absolute atomic E-state index is 0.0233. The molecule has 5 fully saturated rings. The summed E-state index contributed by atoms with van der Waals surface area (Å²) in [6, 6.07) is 0. The van der Waals surface area contributed by atoms with Crippen LogP contribution < -0.4 is 0 Å². The SMILES string of the molecule is C=C(C=O)[C@@H]1CC[C@]2(C)CC[C@]3(C)[C@H](CC[C@@H]4[C@@]5(C)CC[C@H](O)C(C)(C)[C@@H]5CC[C@]43C)C12. The highest BCUT2D eigenvalue weighted by Crippen LogP contribution is 2.77. The summed E-state index contributed by atoms with van der Waals surface area (Å²) in [6.07, 6.45) is 13.4. The molecular formula is C30H48O2. The summed E-state index contributed by atoms with van der Waals surface area (Å²) in [5.74, 6) is 3.12. The monoisotopic (exact) mass is 440 g/mol. The molecule has 0 saturated heterocycles. The third-order valence-corrected chi connectivity index (χ3v) is 13.5. The van der Waals surface area contributed by atoms with Crippen molar-refractivity contribution in [2.24, 2.45) is 56.7 Å². The Morgan fingerprint density at radius 1 is 0.812 bits per heavy atom. The Balaban J connectivity index is 1.54. The van der Waals surface area contributed by atoms with Gasteiger partial charge in [0.2, 0.25) is 0 Å².